The number of rotatable bonds is 2. The molecule has 14 heavy (non-hydrogen) atoms. The molecule has 0 saturated heterocycles. The maximum Gasteiger partial charge on any atom is 0.315 e. The summed E-state index contributed by atoms with van der Waals surface area (Å²) in [4.78, 5) is 10.6. The Morgan fingerprint density at radius 2 is 1.93 bits per heavy atom. The Kier molecular flexibility index (Phi) is 3.66. The third-order valence-corrected chi connectivity index (χ3v) is 2.12. The van der Waals surface area contributed by atoms with Crippen LogP contribution < -0.4 is 5.32 Å². The van der Waals surface area contributed by atoms with Gasteiger partial charge < -0.3 is 5.32 Å². The molecule has 0 aliphatic heterocycles. The number of amides is 1. The van der Waals surface area contributed by atoms with Gasteiger partial charge in [0.25, 0.3) is 5.91 Å². The molecule has 0 saturated carbocycles. The molecule has 0 aliphatic rings. The van der Waals surface area contributed by atoms with Crippen molar-refractivity contribution in [3.63, 3.8) is 0 Å². The number of hydrogen-bond acceptors (Lipinski definition) is 1. The number of halogens is 4. The molecule has 0 unspecified atom stereocenters. The fourth-order valence-electron chi connectivity index (χ4n) is 0.771. The minimum atomic E-state index is -3.05. The summed E-state index contributed by atoms with van der Waals surface area (Å²) in [6.07, 6.45) is -3.05. The van der Waals surface area contributed by atoms with Crippen LogP contribution in [0.15, 0.2) is 18.2 Å². The van der Waals surface area contributed by atoms with E-state index in [0.717, 1.165) is 0 Å². The van der Waals surface area contributed by atoms with Crippen LogP contribution in [0.4, 0.5) is 14.5 Å². The van der Waals surface area contributed by atoms with Crippen molar-refractivity contribution in [3.8, 4) is 0 Å². The fourth-order valence-corrected chi connectivity index (χ4v) is 1.07. The second-order valence-corrected chi connectivity index (χ2v) is 3.23. The topological polar surface area (TPSA) is 29.1 Å². The molecule has 1 aromatic carbocycles. The van der Waals surface area contributed by atoms with Crippen molar-refractivity contribution in [2.24, 2.45) is 0 Å². The monoisotopic (exact) mass is 239 g/mol. The van der Waals surface area contributed by atoms with Gasteiger partial charge in [-0.3, -0.25) is 4.79 Å². The first-order valence-electron chi connectivity index (χ1n) is 3.55. The van der Waals surface area contributed by atoms with Gasteiger partial charge in [0.2, 0.25) is 0 Å². The van der Waals surface area contributed by atoms with Crippen LogP contribution in [0.5, 0.6) is 0 Å². The third-order valence-electron chi connectivity index (χ3n) is 1.39. The second kappa shape index (κ2) is 4.57. The summed E-state index contributed by atoms with van der Waals surface area (Å²) in [6, 6.07) is 4.09. The van der Waals surface area contributed by atoms with Gasteiger partial charge in [0.1, 0.15) is 0 Å². The third kappa shape index (κ3) is 2.82. The van der Waals surface area contributed by atoms with Gasteiger partial charge in [-0.25, -0.2) is 0 Å². The molecule has 0 bridgehead atoms. The molecule has 0 fully saturated rings. The lowest BCUT2D eigenvalue weighted by Gasteiger charge is -2.04. The van der Waals surface area contributed by atoms with Crippen LogP contribution in [0.1, 0.15) is 0 Å². The number of nitrogens with one attached hydrogen (secondary N) is 1. The van der Waals surface area contributed by atoms with E-state index >= 15 is 0 Å². The fraction of sp³-hybridized carbons (Fsp3) is 0.125. The lowest BCUT2D eigenvalue weighted by Crippen LogP contribution is -2.19. The van der Waals surface area contributed by atoms with E-state index in [2.05, 4.69) is 0 Å². The van der Waals surface area contributed by atoms with Gasteiger partial charge in [-0.1, -0.05) is 23.2 Å². The van der Waals surface area contributed by atoms with Crippen molar-refractivity contribution in [2.75, 3.05) is 5.32 Å². The summed E-state index contributed by atoms with van der Waals surface area (Å²) in [5, 5.41) is 2.46. The van der Waals surface area contributed by atoms with Crippen LogP contribution in [-0.2, 0) is 4.79 Å². The number of hydrogen-bond donors (Lipinski definition) is 1. The first kappa shape index (κ1) is 11.2. The lowest BCUT2D eigenvalue weighted by atomic mass is 10.3. The molecule has 1 N–H and O–H groups in total. The van der Waals surface area contributed by atoms with E-state index < -0.39 is 12.3 Å². The number of benzene rings is 1. The average molecular weight is 240 g/mol. The summed E-state index contributed by atoms with van der Waals surface area (Å²) in [6.45, 7) is 0. The van der Waals surface area contributed by atoms with Gasteiger partial charge in [0, 0.05) is 5.69 Å². The molecule has 0 spiro atoms. The Labute approximate surface area is 88.8 Å². The van der Waals surface area contributed by atoms with Crippen LogP contribution in [0, 0.1) is 0 Å². The summed E-state index contributed by atoms with van der Waals surface area (Å²) < 4.78 is 23.6. The summed E-state index contributed by atoms with van der Waals surface area (Å²) in [7, 11) is 0. The van der Waals surface area contributed by atoms with E-state index in [9.17, 15) is 13.6 Å². The van der Waals surface area contributed by atoms with E-state index in [1.54, 1.807) is 0 Å². The molecule has 1 aromatic rings. The normalized spacial score (nSPS) is 10.4. The predicted octanol–water partition coefficient (Wildman–Crippen LogP) is 3.20. The minimum Gasteiger partial charge on any atom is -0.321 e. The molecule has 6 heteroatoms. The number of carbonyl (C=O) groups excluding carboxylic acids is 1. The van der Waals surface area contributed by atoms with Gasteiger partial charge in [-0.15, -0.1) is 0 Å². The van der Waals surface area contributed by atoms with Crippen molar-refractivity contribution >= 4 is 34.8 Å². The van der Waals surface area contributed by atoms with E-state index in [4.69, 9.17) is 23.2 Å². The van der Waals surface area contributed by atoms with Crippen molar-refractivity contribution in [3.05, 3.63) is 28.2 Å². The highest BCUT2D eigenvalue weighted by molar-refractivity contribution is 6.42. The molecule has 2 nitrogen and oxygen atoms in total. The highest BCUT2D eigenvalue weighted by Crippen LogP contribution is 2.25. The Bertz CT molecular complexity index is 357. The Balaban J connectivity index is 2.78. The van der Waals surface area contributed by atoms with Gasteiger partial charge >= 0.3 is 6.43 Å². The van der Waals surface area contributed by atoms with Crippen LogP contribution >= 0.6 is 23.2 Å². The van der Waals surface area contributed by atoms with Gasteiger partial charge in [0.05, 0.1) is 10.0 Å². The maximum atomic E-state index is 11.8. The van der Waals surface area contributed by atoms with Crippen LogP contribution in [0.25, 0.3) is 0 Å². The van der Waals surface area contributed by atoms with E-state index in [1.165, 1.54) is 18.2 Å². The zero-order chi connectivity index (χ0) is 10.7. The van der Waals surface area contributed by atoms with Gasteiger partial charge in [0.15, 0.2) is 0 Å². The Morgan fingerprint density at radius 1 is 1.29 bits per heavy atom. The molecule has 0 aliphatic carbocycles. The maximum absolute atomic E-state index is 11.8. The molecule has 0 atom stereocenters. The highest BCUT2D eigenvalue weighted by Gasteiger charge is 2.15. The summed E-state index contributed by atoms with van der Waals surface area (Å²) >= 11 is 11.2. The van der Waals surface area contributed by atoms with Crippen molar-refractivity contribution in [1.82, 2.24) is 0 Å². The molecular formula is C8H5Cl2F2NO. The Morgan fingerprint density at radius 3 is 2.43 bits per heavy atom. The molecule has 0 radical (unpaired) electrons. The van der Waals surface area contributed by atoms with Crippen molar-refractivity contribution < 1.29 is 13.6 Å². The van der Waals surface area contributed by atoms with E-state index in [0.29, 0.717) is 5.02 Å². The van der Waals surface area contributed by atoms with Crippen LogP contribution in [0.2, 0.25) is 10.0 Å². The Hall–Kier alpha value is -0.870. The minimum absolute atomic E-state index is 0.185. The molecule has 76 valence electrons. The molecule has 1 rings (SSSR count). The molecule has 0 aromatic heterocycles. The SMILES string of the molecule is O=C(Nc1ccc(Cl)c(Cl)c1)C(F)F. The molecule has 0 heterocycles. The van der Waals surface area contributed by atoms with Crippen LogP contribution in [-0.4, -0.2) is 12.3 Å². The second-order valence-electron chi connectivity index (χ2n) is 2.42. The number of carbonyl (C=O) groups is 1. The number of alkyl halides is 2. The standard InChI is InChI=1S/C8H5Cl2F2NO/c9-5-2-1-4(3-6(5)10)13-8(14)7(11)12/h1-3,7H,(H,13,14). The highest BCUT2D eigenvalue weighted by atomic mass is 35.5. The molecular weight excluding hydrogens is 235 g/mol. The van der Waals surface area contributed by atoms with Crippen LogP contribution in [0.3, 0.4) is 0 Å². The van der Waals surface area contributed by atoms with E-state index in [-0.39, 0.29) is 10.7 Å². The first-order valence-corrected chi connectivity index (χ1v) is 4.30. The molecule has 1 amide bonds. The lowest BCUT2D eigenvalue weighted by molar-refractivity contribution is -0.126. The average Bonchev–Trinajstić information content (AvgIpc) is 2.11. The zero-order valence-corrected chi connectivity index (χ0v) is 8.24. The largest absolute Gasteiger partial charge is 0.321 e. The first-order chi connectivity index (χ1) is 6.50. The van der Waals surface area contributed by atoms with E-state index in [1.807, 2.05) is 5.32 Å². The number of anilines is 1. The van der Waals surface area contributed by atoms with Crippen molar-refractivity contribution in [1.29, 1.82) is 0 Å². The van der Waals surface area contributed by atoms with Gasteiger partial charge in [-0.2, -0.15) is 8.78 Å². The summed E-state index contributed by atoms with van der Waals surface area (Å²) in [5.74, 6) is -1.37. The summed E-state index contributed by atoms with van der Waals surface area (Å²) in [5.41, 5.74) is 0.185. The van der Waals surface area contributed by atoms with Gasteiger partial charge in [-0.05, 0) is 18.2 Å². The quantitative estimate of drug-likeness (QED) is 0.844. The smallest absolute Gasteiger partial charge is 0.315 e. The predicted molar refractivity (Wildman–Crippen MR) is 51.1 cm³/mol. The van der Waals surface area contributed by atoms with Crippen molar-refractivity contribution in [2.45, 2.75) is 6.43 Å². The zero-order valence-electron chi connectivity index (χ0n) is 6.73.